The number of halogens is 2. The van der Waals surface area contributed by atoms with Crippen LogP contribution in [0, 0.1) is 5.82 Å². The maximum Gasteiger partial charge on any atom is 0.129 e. The highest BCUT2D eigenvalue weighted by molar-refractivity contribution is 9.10. The van der Waals surface area contributed by atoms with Crippen LogP contribution >= 0.6 is 15.9 Å². The van der Waals surface area contributed by atoms with Crippen molar-refractivity contribution in [2.75, 3.05) is 0 Å². The highest BCUT2D eigenvalue weighted by Gasteiger charge is 2.17. The molecule has 108 valence electrons. The van der Waals surface area contributed by atoms with Gasteiger partial charge in [-0.3, -0.25) is 4.68 Å². The van der Waals surface area contributed by atoms with E-state index in [9.17, 15) is 9.50 Å². The predicted octanol–water partition coefficient (Wildman–Crippen LogP) is 3.64. The molecule has 1 aromatic carbocycles. The van der Waals surface area contributed by atoms with E-state index in [1.807, 2.05) is 24.6 Å². The second-order valence-corrected chi connectivity index (χ2v) is 5.60. The largest absolute Gasteiger partial charge is 0.388 e. The summed E-state index contributed by atoms with van der Waals surface area (Å²) in [5.41, 5.74) is 2.22. The molecular weight excluding hydrogens is 323 g/mol. The van der Waals surface area contributed by atoms with Gasteiger partial charge in [0.05, 0.1) is 11.8 Å². The van der Waals surface area contributed by atoms with Crippen LogP contribution in [0.3, 0.4) is 0 Å². The zero-order chi connectivity index (χ0) is 14.7. The molecule has 0 spiro atoms. The minimum Gasteiger partial charge on any atom is -0.388 e. The molecule has 0 radical (unpaired) electrons. The number of rotatable bonds is 5. The summed E-state index contributed by atoms with van der Waals surface area (Å²) in [5, 5.41) is 14.7. The number of aryl methyl sites for hydroxylation is 2. The second-order valence-electron chi connectivity index (χ2n) is 4.68. The first-order valence-electron chi connectivity index (χ1n) is 6.73. The molecule has 0 aliphatic rings. The Kier molecular flexibility index (Phi) is 4.94. The molecule has 2 aromatic rings. The zero-order valence-electron chi connectivity index (χ0n) is 11.6. The molecule has 0 fully saturated rings. The Balaban J connectivity index is 2.24. The number of aliphatic hydroxyl groups excluding tert-OH is 1. The lowest BCUT2D eigenvalue weighted by Gasteiger charge is -2.13. The van der Waals surface area contributed by atoms with E-state index in [4.69, 9.17) is 0 Å². The Hall–Kier alpha value is -1.20. The van der Waals surface area contributed by atoms with Crippen LogP contribution in [0.1, 0.15) is 36.9 Å². The van der Waals surface area contributed by atoms with Crippen LogP contribution < -0.4 is 0 Å². The fourth-order valence-corrected chi connectivity index (χ4v) is 2.58. The number of hydrogen-bond donors (Lipinski definition) is 1. The van der Waals surface area contributed by atoms with Crippen LogP contribution in [0.15, 0.2) is 28.7 Å². The van der Waals surface area contributed by atoms with Crippen molar-refractivity contribution >= 4 is 15.9 Å². The number of nitrogens with zero attached hydrogens (tertiary/aromatic N) is 2. The zero-order valence-corrected chi connectivity index (χ0v) is 13.2. The van der Waals surface area contributed by atoms with Gasteiger partial charge in [-0.25, -0.2) is 4.39 Å². The smallest absolute Gasteiger partial charge is 0.129 e. The van der Waals surface area contributed by atoms with Crippen LogP contribution in [0.5, 0.6) is 0 Å². The van der Waals surface area contributed by atoms with Crippen molar-refractivity contribution in [3.8, 4) is 0 Å². The van der Waals surface area contributed by atoms with Gasteiger partial charge in [-0.15, -0.1) is 0 Å². The first-order valence-corrected chi connectivity index (χ1v) is 7.53. The van der Waals surface area contributed by atoms with Gasteiger partial charge < -0.3 is 5.11 Å². The molecule has 20 heavy (non-hydrogen) atoms. The summed E-state index contributed by atoms with van der Waals surface area (Å²) < 4.78 is 16.4. The monoisotopic (exact) mass is 340 g/mol. The quantitative estimate of drug-likeness (QED) is 0.902. The second kappa shape index (κ2) is 6.50. The number of aliphatic hydroxyl groups is 1. The number of hydrogen-bond acceptors (Lipinski definition) is 2. The van der Waals surface area contributed by atoms with Crippen LogP contribution in [-0.4, -0.2) is 14.9 Å². The van der Waals surface area contributed by atoms with E-state index in [1.54, 1.807) is 12.1 Å². The van der Waals surface area contributed by atoms with Gasteiger partial charge in [0, 0.05) is 28.7 Å². The topological polar surface area (TPSA) is 38.0 Å². The van der Waals surface area contributed by atoms with Crippen molar-refractivity contribution in [3.05, 3.63) is 51.5 Å². The van der Waals surface area contributed by atoms with E-state index in [1.165, 1.54) is 6.07 Å². The van der Waals surface area contributed by atoms with E-state index in [-0.39, 0.29) is 5.82 Å². The number of aromatic nitrogens is 2. The minimum atomic E-state index is -0.876. The number of benzene rings is 1. The van der Waals surface area contributed by atoms with Gasteiger partial charge in [0.1, 0.15) is 5.82 Å². The maximum atomic E-state index is 13.8. The van der Waals surface area contributed by atoms with E-state index in [0.717, 1.165) is 28.8 Å². The SMILES string of the molecule is CCc1cc(CC(O)c2cc(Br)ccc2F)n(CC)n1. The average Bonchev–Trinajstić information content (AvgIpc) is 2.83. The first-order chi connectivity index (χ1) is 9.55. The van der Waals surface area contributed by atoms with Gasteiger partial charge in [0.2, 0.25) is 0 Å². The molecule has 0 amide bonds. The van der Waals surface area contributed by atoms with E-state index in [2.05, 4.69) is 21.0 Å². The Bertz CT molecular complexity index is 598. The molecule has 1 aromatic heterocycles. The lowest BCUT2D eigenvalue weighted by Crippen LogP contribution is -2.09. The Morgan fingerprint density at radius 2 is 2.10 bits per heavy atom. The van der Waals surface area contributed by atoms with Crippen LogP contribution in [-0.2, 0) is 19.4 Å². The Morgan fingerprint density at radius 3 is 2.75 bits per heavy atom. The van der Waals surface area contributed by atoms with Gasteiger partial charge in [-0.1, -0.05) is 22.9 Å². The van der Waals surface area contributed by atoms with Crippen molar-refractivity contribution in [2.45, 2.75) is 39.3 Å². The Morgan fingerprint density at radius 1 is 1.35 bits per heavy atom. The first kappa shape index (κ1) is 15.2. The lowest BCUT2D eigenvalue weighted by molar-refractivity contribution is 0.170. The minimum absolute atomic E-state index is 0.307. The molecule has 5 heteroatoms. The Labute approximate surface area is 126 Å². The summed E-state index contributed by atoms with van der Waals surface area (Å²) in [6.07, 6.45) is 0.328. The molecule has 2 rings (SSSR count). The van der Waals surface area contributed by atoms with Gasteiger partial charge in [-0.2, -0.15) is 5.10 Å². The summed E-state index contributed by atoms with van der Waals surface area (Å²) in [5.74, 6) is -0.390. The van der Waals surface area contributed by atoms with Gasteiger partial charge in [0.25, 0.3) is 0 Å². The molecule has 1 N–H and O–H groups in total. The molecular formula is C15H18BrFN2O. The molecule has 0 aliphatic carbocycles. The van der Waals surface area contributed by atoms with Crippen molar-refractivity contribution < 1.29 is 9.50 Å². The van der Waals surface area contributed by atoms with E-state index >= 15 is 0 Å². The van der Waals surface area contributed by atoms with Gasteiger partial charge >= 0.3 is 0 Å². The van der Waals surface area contributed by atoms with Crippen molar-refractivity contribution in [2.24, 2.45) is 0 Å². The maximum absolute atomic E-state index is 13.8. The third-order valence-corrected chi connectivity index (χ3v) is 3.79. The average molecular weight is 341 g/mol. The molecule has 1 unspecified atom stereocenters. The van der Waals surface area contributed by atoms with Gasteiger partial charge in [0.15, 0.2) is 0 Å². The third kappa shape index (κ3) is 3.27. The predicted molar refractivity (Wildman–Crippen MR) is 80.0 cm³/mol. The van der Waals surface area contributed by atoms with E-state index in [0.29, 0.717) is 12.0 Å². The summed E-state index contributed by atoms with van der Waals surface area (Å²) in [6.45, 7) is 4.78. The summed E-state index contributed by atoms with van der Waals surface area (Å²) in [7, 11) is 0. The summed E-state index contributed by atoms with van der Waals surface area (Å²) in [4.78, 5) is 0. The third-order valence-electron chi connectivity index (χ3n) is 3.30. The van der Waals surface area contributed by atoms with E-state index < -0.39 is 6.10 Å². The van der Waals surface area contributed by atoms with Crippen LogP contribution in [0.4, 0.5) is 4.39 Å². The molecule has 0 bridgehead atoms. The van der Waals surface area contributed by atoms with Crippen molar-refractivity contribution in [1.29, 1.82) is 0 Å². The molecule has 3 nitrogen and oxygen atoms in total. The van der Waals surface area contributed by atoms with Crippen LogP contribution in [0.25, 0.3) is 0 Å². The van der Waals surface area contributed by atoms with Crippen molar-refractivity contribution in [1.82, 2.24) is 9.78 Å². The highest BCUT2D eigenvalue weighted by Crippen LogP contribution is 2.25. The summed E-state index contributed by atoms with van der Waals surface area (Å²) in [6, 6.07) is 6.57. The van der Waals surface area contributed by atoms with Crippen molar-refractivity contribution in [3.63, 3.8) is 0 Å². The van der Waals surface area contributed by atoms with Gasteiger partial charge in [-0.05, 0) is 37.6 Å². The standard InChI is InChI=1S/C15H18BrFN2O/c1-3-11-8-12(19(4-2)18-11)9-15(20)13-7-10(16)5-6-14(13)17/h5-8,15,20H,3-4,9H2,1-2H3. The molecule has 1 atom stereocenters. The van der Waals surface area contributed by atoms with Crippen LogP contribution in [0.2, 0.25) is 0 Å². The molecule has 1 heterocycles. The molecule has 0 saturated carbocycles. The lowest BCUT2D eigenvalue weighted by atomic mass is 10.0. The normalized spacial score (nSPS) is 12.7. The molecule has 0 aliphatic heterocycles. The fourth-order valence-electron chi connectivity index (χ4n) is 2.20. The molecule has 0 saturated heterocycles. The fraction of sp³-hybridized carbons (Fsp3) is 0.400. The summed E-state index contributed by atoms with van der Waals surface area (Å²) >= 11 is 3.30. The highest BCUT2D eigenvalue weighted by atomic mass is 79.9.